The third kappa shape index (κ3) is 5.74. The largest absolute Gasteiger partial charge is 0.481 e. The van der Waals surface area contributed by atoms with E-state index in [9.17, 15) is 22.8 Å². The van der Waals surface area contributed by atoms with Crippen molar-refractivity contribution in [3.8, 4) is 5.75 Å². The molecule has 1 fully saturated rings. The molecular weight excluding hydrogens is 471 g/mol. The van der Waals surface area contributed by atoms with Gasteiger partial charge >= 0.3 is 12.1 Å². The van der Waals surface area contributed by atoms with Crippen molar-refractivity contribution < 1.29 is 37.6 Å². The molecule has 0 unspecified atom stereocenters. The number of nitrogens with zero attached hydrogens (tertiary/aromatic N) is 1. The molecule has 180 valence electrons. The van der Waals surface area contributed by atoms with Gasteiger partial charge in [-0.2, -0.15) is 18.1 Å². The molecule has 1 saturated heterocycles. The molecule has 34 heavy (non-hydrogen) atoms. The Hall–Kier alpha value is -2.98. The molecule has 2 aliphatic heterocycles. The number of hydrogen-bond acceptors (Lipinski definition) is 5. The van der Waals surface area contributed by atoms with Crippen molar-refractivity contribution in [2.24, 2.45) is 5.92 Å². The van der Waals surface area contributed by atoms with Crippen LogP contribution in [-0.2, 0) is 27.1 Å². The van der Waals surface area contributed by atoms with Gasteiger partial charge in [0, 0.05) is 40.9 Å². The Morgan fingerprint density at radius 1 is 1.12 bits per heavy atom. The Bertz CT molecular complexity index is 1110. The second kappa shape index (κ2) is 10.1. The van der Waals surface area contributed by atoms with Crippen LogP contribution >= 0.6 is 11.8 Å². The Balaban J connectivity index is 1.49. The van der Waals surface area contributed by atoms with Gasteiger partial charge in [-0.25, -0.2) is 0 Å². The first-order valence-electron chi connectivity index (χ1n) is 10.7. The summed E-state index contributed by atoms with van der Waals surface area (Å²) in [5.41, 5.74) is 0.336. The standard InChI is InChI=1S/C24H22F3NO5S/c25-24(26,27)19-13-15(2-6-22(29)28-10-7-16(8-11-28)23(30)31)1-5-21(19)34-18-3-4-20-17(14-18)9-12-32-33-20/h1-6,13-14,16H,7-12H2,(H,30,31)/b6-2+. The Labute approximate surface area is 198 Å². The van der Waals surface area contributed by atoms with Gasteiger partial charge in [0.1, 0.15) is 0 Å². The van der Waals surface area contributed by atoms with Crippen molar-refractivity contribution in [1.29, 1.82) is 0 Å². The highest BCUT2D eigenvalue weighted by Crippen LogP contribution is 2.41. The van der Waals surface area contributed by atoms with Gasteiger partial charge in [-0.3, -0.25) is 9.59 Å². The van der Waals surface area contributed by atoms with Crippen molar-refractivity contribution in [3.05, 3.63) is 59.2 Å². The van der Waals surface area contributed by atoms with Crippen LogP contribution in [0.2, 0.25) is 0 Å². The number of carboxylic acid groups (broad SMARTS) is 1. The van der Waals surface area contributed by atoms with Crippen molar-refractivity contribution in [3.63, 3.8) is 0 Å². The minimum atomic E-state index is -4.57. The Kier molecular flexibility index (Phi) is 7.18. The summed E-state index contributed by atoms with van der Waals surface area (Å²) in [4.78, 5) is 35.6. The number of amides is 1. The van der Waals surface area contributed by atoms with E-state index < -0.39 is 23.6 Å². The lowest BCUT2D eigenvalue weighted by molar-refractivity contribution is -0.215. The van der Waals surface area contributed by atoms with Gasteiger partial charge in [0.05, 0.1) is 18.1 Å². The minimum absolute atomic E-state index is 0.0552. The van der Waals surface area contributed by atoms with Crippen molar-refractivity contribution in [2.75, 3.05) is 19.7 Å². The summed E-state index contributed by atoms with van der Waals surface area (Å²) in [5, 5.41) is 9.05. The molecule has 10 heteroatoms. The number of likely N-dealkylation sites (tertiary alicyclic amines) is 1. The minimum Gasteiger partial charge on any atom is -0.481 e. The fraction of sp³-hybridized carbons (Fsp3) is 0.333. The molecule has 0 saturated carbocycles. The second-order valence-corrected chi connectivity index (χ2v) is 9.17. The summed E-state index contributed by atoms with van der Waals surface area (Å²) < 4.78 is 41.4. The summed E-state index contributed by atoms with van der Waals surface area (Å²) >= 11 is 1.01. The molecule has 0 bridgehead atoms. The molecule has 0 aromatic heterocycles. The predicted molar refractivity (Wildman–Crippen MR) is 118 cm³/mol. The molecule has 2 aromatic carbocycles. The maximum absolute atomic E-state index is 13.8. The summed E-state index contributed by atoms with van der Waals surface area (Å²) in [6, 6.07) is 9.10. The number of carbonyl (C=O) groups excluding carboxylic acids is 1. The monoisotopic (exact) mass is 493 g/mol. The summed E-state index contributed by atoms with van der Waals surface area (Å²) in [6.45, 7) is 0.995. The maximum Gasteiger partial charge on any atom is 0.417 e. The van der Waals surface area contributed by atoms with Crippen LogP contribution in [0, 0.1) is 5.92 Å². The lowest BCUT2D eigenvalue weighted by Crippen LogP contribution is -2.39. The highest BCUT2D eigenvalue weighted by atomic mass is 32.2. The van der Waals surface area contributed by atoms with Crippen LogP contribution in [0.15, 0.2) is 52.3 Å². The van der Waals surface area contributed by atoms with E-state index in [0.717, 1.165) is 23.4 Å². The number of fused-ring (bicyclic) bond motifs is 1. The van der Waals surface area contributed by atoms with E-state index in [1.54, 1.807) is 18.2 Å². The van der Waals surface area contributed by atoms with Crippen LogP contribution in [0.1, 0.15) is 29.5 Å². The number of alkyl halides is 3. The lowest BCUT2D eigenvalue weighted by atomic mass is 9.97. The number of carbonyl (C=O) groups is 2. The van der Waals surface area contributed by atoms with E-state index in [-0.39, 0.29) is 16.4 Å². The number of benzene rings is 2. The van der Waals surface area contributed by atoms with Crippen LogP contribution in [0.3, 0.4) is 0 Å². The van der Waals surface area contributed by atoms with Crippen molar-refractivity contribution >= 4 is 29.7 Å². The number of rotatable bonds is 5. The molecule has 1 N–H and O–H groups in total. The Morgan fingerprint density at radius 3 is 2.59 bits per heavy atom. The molecule has 0 aliphatic carbocycles. The first-order valence-corrected chi connectivity index (χ1v) is 11.5. The number of hydrogen-bond donors (Lipinski definition) is 1. The van der Waals surface area contributed by atoms with E-state index in [0.29, 0.717) is 49.6 Å². The molecule has 2 aromatic rings. The fourth-order valence-corrected chi connectivity index (χ4v) is 4.87. The number of aliphatic carboxylic acids is 1. The SMILES string of the molecule is O=C(O)C1CCN(C(=O)/C=C/c2ccc(Sc3ccc4c(c3)CCOO4)c(C(F)(F)F)c2)CC1. The number of piperidine rings is 1. The third-order valence-corrected chi connectivity index (χ3v) is 6.81. The van der Waals surface area contributed by atoms with Crippen LogP contribution in [0.5, 0.6) is 5.75 Å². The van der Waals surface area contributed by atoms with Crippen LogP contribution in [-0.4, -0.2) is 41.6 Å². The highest BCUT2D eigenvalue weighted by molar-refractivity contribution is 7.99. The van der Waals surface area contributed by atoms with Crippen LogP contribution in [0.25, 0.3) is 6.08 Å². The summed E-state index contributed by atoms with van der Waals surface area (Å²) in [6.07, 6.45) is -0.649. The maximum atomic E-state index is 13.8. The van der Waals surface area contributed by atoms with E-state index in [1.165, 1.54) is 29.2 Å². The zero-order valence-electron chi connectivity index (χ0n) is 18.0. The summed E-state index contributed by atoms with van der Waals surface area (Å²) in [5.74, 6) is -1.14. The van der Waals surface area contributed by atoms with Crippen molar-refractivity contribution in [1.82, 2.24) is 4.90 Å². The van der Waals surface area contributed by atoms with E-state index >= 15 is 0 Å². The van der Waals surface area contributed by atoms with Crippen LogP contribution < -0.4 is 4.89 Å². The number of halogens is 3. The molecule has 1 amide bonds. The first-order chi connectivity index (χ1) is 16.2. The van der Waals surface area contributed by atoms with Crippen LogP contribution in [0.4, 0.5) is 13.2 Å². The molecule has 2 aliphatic rings. The molecule has 0 spiro atoms. The Morgan fingerprint density at radius 2 is 1.88 bits per heavy atom. The van der Waals surface area contributed by atoms with E-state index in [2.05, 4.69) is 0 Å². The molecular formula is C24H22F3NO5S. The highest BCUT2D eigenvalue weighted by Gasteiger charge is 2.34. The van der Waals surface area contributed by atoms with Gasteiger partial charge in [0.2, 0.25) is 5.91 Å². The van der Waals surface area contributed by atoms with Gasteiger partial charge in [0.15, 0.2) is 5.75 Å². The van der Waals surface area contributed by atoms with Gasteiger partial charge in [-0.1, -0.05) is 17.8 Å². The molecule has 6 nitrogen and oxygen atoms in total. The normalized spacial score (nSPS) is 16.9. The quantitative estimate of drug-likeness (QED) is 0.464. The first kappa shape index (κ1) is 24.2. The molecule has 2 heterocycles. The van der Waals surface area contributed by atoms with E-state index in [1.807, 2.05) is 0 Å². The van der Waals surface area contributed by atoms with Crippen molar-refractivity contribution in [2.45, 2.75) is 35.2 Å². The average molecular weight is 494 g/mol. The summed E-state index contributed by atoms with van der Waals surface area (Å²) in [7, 11) is 0. The zero-order valence-corrected chi connectivity index (χ0v) is 18.8. The second-order valence-electron chi connectivity index (χ2n) is 8.05. The number of carboxylic acids is 1. The van der Waals surface area contributed by atoms with Gasteiger partial charge < -0.3 is 14.9 Å². The lowest BCUT2D eigenvalue weighted by Gasteiger charge is -2.29. The fourth-order valence-electron chi connectivity index (χ4n) is 3.86. The third-order valence-electron chi connectivity index (χ3n) is 5.75. The molecule has 0 atom stereocenters. The molecule has 0 radical (unpaired) electrons. The average Bonchev–Trinajstić information content (AvgIpc) is 2.82. The van der Waals surface area contributed by atoms with Gasteiger partial charge in [-0.05, 0) is 54.8 Å². The van der Waals surface area contributed by atoms with Gasteiger partial charge in [-0.15, -0.1) is 0 Å². The zero-order chi connectivity index (χ0) is 24.3. The van der Waals surface area contributed by atoms with E-state index in [4.69, 9.17) is 14.9 Å². The molecule has 4 rings (SSSR count). The topological polar surface area (TPSA) is 76.1 Å². The smallest absolute Gasteiger partial charge is 0.417 e. The van der Waals surface area contributed by atoms with Gasteiger partial charge in [0.25, 0.3) is 0 Å². The predicted octanol–water partition coefficient (Wildman–Crippen LogP) is 5.06.